The molecule has 1 aromatic rings. The average molecular weight is 296 g/mol. The molecule has 0 amide bonds. The van der Waals surface area contributed by atoms with Gasteiger partial charge in [0.25, 0.3) is 0 Å². The largest absolute Gasteiger partial charge is 0.361 e. The summed E-state index contributed by atoms with van der Waals surface area (Å²) in [6.45, 7) is 8.42. The molecule has 0 aromatic carbocycles. The van der Waals surface area contributed by atoms with Crippen molar-refractivity contribution in [1.82, 2.24) is 15.8 Å². The summed E-state index contributed by atoms with van der Waals surface area (Å²) in [5.74, 6) is 3.02. The second kappa shape index (κ2) is 7.57. The normalized spacial score (nSPS) is 19.4. The Morgan fingerprint density at radius 1 is 1.45 bits per heavy atom. The van der Waals surface area contributed by atoms with Crippen LogP contribution in [0.1, 0.15) is 36.8 Å². The first-order valence-corrected chi connectivity index (χ1v) is 8.31. The molecule has 0 bridgehead atoms. The van der Waals surface area contributed by atoms with Gasteiger partial charge in [-0.1, -0.05) is 5.16 Å². The molecular weight excluding hydrogens is 272 g/mol. The van der Waals surface area contributed by atoms with E-state index in [-0.39, 0.29) is 0 Å². The van der Waals surface area contributed by atoms with Crippen LogP contribution in [0.25, 0.3) is 0 Å². The summed E-state index contributed by atoms with van der Waals surface area (Å²) < 4.78 is 5.17. The van der Waals surface area contributed by atoms with E-state index in [1.54, 1.807) is 0 Å². The molecule has 5 nitrogen and oxygen atoms in total. The highest BCUT2D eigenvalue weighted by Crippen LogP contribution is 2.25. The molecule has 2 heterocycles. The van der Waals surface area contributed by atoms with Gasteiger partial charge < -0.3 is 15.2 Å². The Bertz CT molecular complexity index is 433. The number of aliphatic imine (C=N–C) groups is 1. The van der Waals surface area contributed by atoms with Crippen molar-refractivity contribution in [3.63, 3.8) is 0 Å². The van der Waals surface area contributed by atoms with E-state index >= 15 is 0 Å². The van der Waals surface area contributed by atoms with Gasteiger partial charge in [-0.2, -0.15) is 11.8 Å². The second-order valence-corrected chi connectivity index (χ2v) is 6.42. The lowest BCUT2D eigenvalue weighted by atomic mass is 10.2. The molecule has 1 aliphatic heterocycles. The predicted molar refractivity (Wildman–Crippen MR) is 84.3 cm³/mol. The number of aryl methyl sites for hydroxylation is 2. The van der Waals surface area contributed by atoms with Crippen molar-refractivity contribution in [2.45, 2.75) is 45.4 Å². The van der Waals surface area contributed by atoms with Crippen molar-refractivity contribution in [2.24, 2.45) is 4.99 Å². The summed E-state index contributed by atoms with van der Waals surface area (Å²) >= 11 is 2.05. The fourth-order valence-electron chi connectivity index (χ4n) is 2.24. The Morgan fingerprint density at radius 3 is 2.90 bits per heavy atom. The first-order chi connectivity index (χ1) is 9.70. The minimum atomic E-state index is 0.605. The van der Waals surface area contributed by atoms with Crippen LogP contribution in [0.4, 0.5) is 0 Å². The van der Waals surface area contributed by atoms with E-state index < -0.39 is 0 Å². The number of nitrogens with one attached hydrogen (secondary N) is 2. The topological polar surface area (TPSA) is 62.5 Å². The van der Waals surface area contributed by atoms with E-state index in [2.05, 4.69) is 39.5 Å². The molecule has 6 heteroatoms. The van der Waals surface area contributed by atoms with Crippen molar-refractivity contribution in [2.75, 3.05) is 18.8 Å². The summed E-state index contributed by atoms with van der Waals surface area (Å²) in [7, 11) is 0. The van der Waals surface area contributed by atoms with E-state index in [0.717, 1.165) is 41.3 Å². The van der Waals surface area contributed by atoms with Crippen LogP contribution in [0.15, 0.2) is 9.52 Å². The molecule has 2 N–H and O–H groups in total. The number of rotatable bonds is 5. The standard InChI is InChI=1S/C14H24N4OS/c1-4-15-14(16-8-12-6-5-7-20-12)17-9-13-10(2)18-19-11(13)3/h12H,4-9H2,1-3H3,(H2,15,16,17). The van der Waals surface area contributed by atoms with Gasteiger partial charge in [-0.05, 0) is 39.4 Å². The molecule has 1 unspecified atom stereocenters. The number of aromatic nitrogens is 1. The molecular formula is C14H24N4OS. The minimum Gasteiger partial charge on any atom is -0.361 e. The van der Waals surface area contributed by atoms with Gasteiger partial charge in [-0.3, -0.25) is 0 Å². The van der Waals surface area contributed by atoms with Crippen LogP contribution in [0.2, 0.25) is 0 Å². The van der Waals surface area contributed by atoms with Gasteiger partial charge in [-0.25, -0.2) is 4.99 Å². The van der Waals surface area contributed by atoms with Gasteiger partial charge in [0.1, 0.15) is 5.76 Å². The number of hydrogen-bond donors (Lipinski definition) is 2. The van der Waals surface area contributed by atoms with E-state index in [4.69, 9.17) is 4.52 Å². The van der Waals surface area contributed by atoms with Crippen LogP contribution in [-0.4, -0.2) is 35.2 Å². The van der Waals surface area contributed by atoms with E-state index in [0.29, 0.717) is 6.54 Å². The number of hydrogen-bond acceptors (Lipinski definition) is 4. The minimum absolute atomic E-state index is 0.605. The third-order valence-corrected chi connectivity index (χ3v) is 4.84. The van der Waals surface area contributed by atoms with Gasteiger partial charge in [0.15, 0.2) is 5.96 Å². The first-order valence-electron chi connectivity index (χ1n) is 7.26. The van der Waals surface area contributed by atoms with Gasteiger partial charge in [-0.15, -0.1) is 0 Å². The van der Waals surface area contributed by atoms with Crippen molar-refractivity contribution < 1.29 is 4.52 Å². The third-order valence-electron chi connectivity index (χ3n) is 3.44. The lowest BCUT2D eigenvalue weighted by Gasteiger charge is -2.14. The van der Waals surface area contributed by atoms with Crippen LogP contribution in [0.5, 0.6) is 0 Å². The first kappa shape index (κ1) is 15.2. The van der Waals surface area contributed by atoms with Crippen molar-refractivity contribution in [3.05, 3.63) is 17.0 Å². The highest BCUT2D eigenvalue weighted by Gasteiger charge is 2.15. The lowest BCUT2D eigenvalue weighted by Crippen LogP contribution is -2.40. The molecule has 0 aliphatic carbocycles. The maximum atomic E-state index is 5.17. The Balaban J connectivity index is 1.91. The Morgan fingerprint density at radius 2 is 2.30 bits per heavy atom. The van der Waals surface area contributed by atoms with Crippen LogP contribution < -0.4 is 10.6 Å². The van der Waals surface area contributed by atoms with E-state index in [1.165, 1.54) is 18.6 Å². The quantitative estimate of drug-likeness (QED) is 0.644. The van der Waals surface area contributed by atoms with E-state index in [9.17, 15) is 0 Å². The molecule has 1 fully saturated rings. The average Bonchev–Trinajstić information content (AvgIpc) is 3.05. The summed E-state index contributed by atoms with van der Waals surface area (Å²) in [6.07, 6.45) is 2.64. The van der Waals surface area contributed by atoms with Crippen LogP contribution in [0.3, 0.4) is 0 Å². The Labute approximate surface area is 125 Å². The molecule has 2 rings (SSSR count). The summed E-state index contributed by atoms with van der Waals surface area (Å²) in [6, 6.07) is 0. The second-order valence-electron chi connectivity index (χ2n) is 5.01. The fraction of sp³-hybridized carbons (Fsp3) is 0.714. The fourth-order valence-corrected chi connectivity index (χ4v) is 3.44. The molecule has 0 spiro atoms. The molecule has 0 saturated carbocycles. The zero-order chi connectivity index (χ0) is 14.4. The van der Waals surface area contributed by atoms with Crippen molar-refractivity contribution >= 4 is 17.7 Å². The third kappa shape index (κ3) is 4.16. The van der Waals surface area contributed by atoms with Gasteiger partial charge in [0, 0.05) is 23.9 Å². The highest BCUT2D eigenvalue weighted by molar-refractivity contribution is 8.00. The SMILES string of the molecule is CCNC(=NCc1c(C)noc1C)NCC1CCCS1. The molecule has 1 saturated heterocycles. The lowest BCUT2D eigenvalue weighted by molar-refractivity contribution is 0.392. The smallest absolute Gasteiger partial charge is 0.191 e. The molecule has 0 radical (unpaired) electrons. The molecule has 1 atom stereocenters. The Kier molecular flexibility index (Phi) is 5.76. The maximum Gasteiger partial charge on any atom is 0.191 e. The number of nitrogens with zero attached hydrogens (tertiary/aromatic N) is 2. The molecule has 1 aromatic heterocycles. The van der Waals surface area contributed by atoms with Crippen LogP contribution >= 0.6 is 11.8 Å². The van der Waals surface area contributed by atoms with Gasteiger partial charge in [0.2, 0.25) is 0 Å². The number of thioether (sulfide) groups is 1. The van der Waals surface area contributed by atoms with E-state index in [1.807, 2.05) is 13.8 Å². The van der Waals surface area contributed by atoms with Gasteiger partial charge in [0.05, 0.1) is 12.2 Å². The highest BCUT2D eigenvalue weighted by atomic mass is 32.2. The summed E-state index contributed by atoms with van der Waals surface area (Å²) in [4.78, 5) is 4.62. The summed E-state index contributed by atoms with van der Waals surface area (Å²) in [5, 5.41) is 11.4. The zero-order valence-electron chi connectivity index (χ0n) is 12.5. The van der Waals surface area contributed by atoms with Gasteiger partial charge >= 0.3 is 0 Å². The number of guanidine groups is 1. The molecule has 20 heavy (non-hydrogen) atoms. The molecule has 1 aliphatic rings. The van der Waals surface area contributed by atoms with Crippen molar-refractivity contribution in [3.8, 4) is 0 Å². The monoisotopic (exact) mass is 296 g/mol. The van der Waals surface area contributed by atoms with Crippen LogP contribution in [-0.2, 0) is 6.54 Å². The Hall–Kier alpha value is -1.17. The molecule has 112 valence electrons. The zero-order valence-corrected chi connectivity index (χ0v) is 13.3. The maximum absolute atomic E-state index is 5.17. The predicted octanol–water partition coefficient (Wildman–Crippen LogP) is 2.24. The van der Waals surface area contributed by atoms with Crippen molar-refractivity contribution in [1.29, 1.82) is 0 Å². The van der Waals surface area contributed by atoms with Crippen LogP contribution in [0, 0.1) is 13.8 Å². The summed E-state index contributed by atoms with van der Waals surface area (Å²) in [5.41, 5.74) is 2.01.